The maximum atomic E-state index is 13.1. The van der Waals surface area contributed by atoms with E-state index in [0.717, 1.165) is 0 Å². The van der Waals surface area contributed by atoms with Crippen LogP contribution in [0.25, 0.3) is 0 Å². The lowest BCUT2D eigenvalue weighted by Crippen LogP contribution is -2.26. The summed E-state index contributed by atoms with van der Waals surface area (Å²) in [4.78, 5) is 20.5. The molecular weight excluding hydrogens is 221 g/mol. The molecule has 0 aliphatic carbocycles. The van der Waals surface area contributed by atoms with Gasteiger partial charge in [-0.1, -0.05) is 11.6 Å². The first-order chi connectivity index (χ1) is 7.13. The van der Waals surface area contributed by atoms with E-state index >= 15 is 0 Å². The highest BCUT2D eigenvalue weighted by molar-refractivity contribution is 6.30. The predicted molar refractivity (Wildman–Crippen MR) is 54.2 cm³/mol. The first kappa shape index (κ1) is 11.7. The van der Waals surface area contributed by atoms with Gasteiger partial charge in [-0.3, -0.25) is 9.59 Å². The monoisotopic (exact) mass is 229 g/mol. The van der Waals surface area contributed by atoms with Crippen molar-refractivity contribution < 1.29 is 14.0 Å². The van der Waals surface area contributed by atoms with Gasteiger partial charge in [0.1, 0.15) is 5.82 Å². The fraction of sp³-hybridized carbons (Fsp3) is 0.200. The van der Waals surface area contributed by atoms with E-state index in [-0.39, 0.29) is 18.6 Å². The Kier molecular flexibility index (Phi) is 4.24. The van der Waals surface area contributed by atoms with Gasteiger partial charge in [-0.05, 0) is 30.2 Å². The molecule has 0 radical (unpaired) electrons. The summed E-state index contributed by atoms with van der Waals surface area (Å²) in [6.07, 6.45) is 0.473. The summed E-state index contributed by atoms with van der Waals surface area (Å²) in [5.74, 6) is -1.09. The lowest BCUT2D eigenvalue weighted by atomic mass is 10.1. The van der Waals surface area contributed by atoms with Crippen LogP contribution in [-0.2, 0) is 16.0 Å². The van der Waals surface area contributed by atoms with Crippen molar-refractivity contribution in [1.82, 2.24) is 5.32 Å². The Hall–Kier alpha value is -1.42. The van der Waals surface area contributed by atoms with Crippen molar-refractivity contribution in [3.63, 3.8) is 0 Å². The summed E-state index contributed by atoms with van der Waals surface area (Å²) in [6.45, 7) is 0.203. The fourth-order valence-corrected chi connectivity index (χ4v) is 1.29. The van der Waals surface area contributed by atoms with Crippen LogP contribution in [0.3, 0.4) is 0 Å². The molecule has 5 heteroatoms. The zero-order valence-corrected chi connectivity index (χ0v) is 8.55. The van der Waals surface area contributed by atoms with Gasteiger partial charge in [-0.25, -0.2) is 4.39 Å². The van der Waals surface area contributed by atoms with Crippen molar-refractivity contribution in [2.45, 2.75) is 6.42 Å². The van der Waals surface area contributed by atoms with Gasteiger partial charge in [0.15, 0.2) is 0 Å². The zero-order valence-electron chi connectivity index (χ0n) is 7.80. The fourth-order valence-electron chi connectivity index (χ4n) is 1.10. The van der Waals surface area contributed by atoms with Crippen LogP contribution in [0.5, 0.6) is 0 Å². The third-order valence-corrected chi connectivity index (χ3v) is 2.04. The number of amides is 1. The Morgan fingerprint density at radius 2 is 2.27 bits per heavy atom. The summed E-state index contributed by atoms with van der Waals surface area (Å²) in [7, 11) is 0. The van der Waals surface area contributed by atoms with E-state index in [4.69, 9.17) is 11.6 Å². The smallest absolute Gasteiger partial charge is 0.284 e. The number of aldehydes is 1. The molecule has 1 N–H and O–H groups in total. The summed E-state index contributed by atoms with van der Waals surface area (Å²) in [5.41, 5.74) is 0.411. The molecule has 0 heterocycles. The third-order valence-electron chi connectivity index (χ3n) is 1.81. The second-order valence-electron chi connectivity index (χ2n) is 2.89. The average Bonchev–Trinajstić information content (AvgIpc) is 2.23. The zero-order chi connectivity index (χ0) is 11.3. The number of carbonyl (C=O) groups excluding carboxylic acids is 2. The van der Waals surface area contributed by atoms with Crippen molar-refractivity contribution in [2.75, 3.05) is 6.54 Å². The number of nitrogens with one attached hydrogen (secondary N) is 1. The molecule has 0 unspecified atom stereocenters. The summed E-state index contributed by atoms with van der Waals surface area (Å²) >= 11 is 5.68. The molecule has 0 atom stereocenters. The van der Waals surface area contributed by atoms with Crippen LogP contribution in [0.2, 0.25) is 5.02 Å². The molecule has 15 heavy (non-hydrogen) atoms. The molecule has 1 aromatic rings. The first-order valence-electron chi connectivity index (χ1n) is 4.30. The van der Waals surface area contributed by atoms with E-state index in [9.17, 15) is 14.0 Å². The van der Waals surface area contributed by atoms with E-state index in [0.29, 0.717) is 17.0 Å². The van der Waals surface area contributed by atoms with Crippen molar-refractivity contribution in [1.29, 1.82) is 0 Å². The van der Waals surface area contributed by atoms with E-state index in [1.807, 2.05) is 0 Å². The Balaban J connectivity index is 2.53. The average molecular weight is 230 g/mol. The molecule has 0 aromatic heterocycles. The van der Waals surface area contributed by atoms with Crippen molar-refractivity contribution in [3.05, 3.63) is 34.6 Å². The molecule has 0 spiro atoms. The molecule has 0 fully saturated rings. The highest BCUT2D eigenvalue weighted by Gasteiger charge is 2.03. The predicted octanol–water partition coefficient (Wildman–Crippen LogP) is 1.34. The standard InChI is InChI=1S/C10H9ClFNO2/c11-8-1-2-9(12)7(5-8)3-4-13-10(15)6-14/h1-2,5-6H,3-4H2,(H,13,15). The number of benzene rings is 1. The summed E-state index contributed by atoms with van der Waals surface area (Å²) in [5, 5.41) is 2.75. The van der Waals surface area contributed by atoms with Crippen LogP contribution in [-0.4, -0.2) is 18.7 Å². The minimum absolute atomic E-state index is 0.175. The molecule has 0 aliphatic heterocycles. The second kappa shape index (κ2) is 5.46. The lowest BCUT2D eigenvalue weighted by molar-refractivity contribution is -0.131. The minimum Gasteiger partial charge on any atom is -0.349 e. The molecule has 1 aromatic carbocycles. The summed E-state index contributed by atoms with van der Waals surface area (Å²) < 4.78 is 13.1. The van der Waals surface area contributed by atoms with Crippen LogP contribution >= 0.6 is 11.6 Å². The Morgan fingerprint density at radius 3 is 2.93 bits per heavy atom. The maximum absolute atomic E-state index is 13.1. The van der Waals surface area contributed by atoms with E-state index in [2.05, 4.69) is 5.32 Å². The van der Waals surface area contributed by atoms with Gasteiger partial charge < -0.3 is 5.32 Å². The quantitative estimate of drug-likeness (QED) is 0.626. The maximum Gasteiger partial charge on any atom is 0.284 e. The highest BCUT2D eigenvalue weighted by Crippen LogP contribution is 2.14. The number of halogens is 2. The molecule has 0 bridgehead atoms. The molecule has 3 nitrogen and oxygen atoms in total. The molecule has 0 saturated carbocycles. The van der Waals surface area contributed by atoms with E-state index in [1.54, 1.807) is 0 Å². The van der Waals surface area contributed by atoms with Crippen molar-refractivity contribution >= 4 is 23.8 Å². The normalized spacial score (nSPS) is 9.73. The van der Waals surface area contributed by atoms with Crippen LogP contribution in [0.15, 0.2) is 18.2 Å². The molecule has 0 aliphatic rings. The SMILES string of the molecule is O=CC(=O)NCCc1cc(Cl)ccc1F. The number of carbonyl (C=O) groups is 2. The molecule has 1 amide bonds. The van der Waals surface area contributed by atoms with Gasteiger partial charge >= 0.3 is 0 Å². The minimum atomic E-state index is -0.711. The largest absolute Gasteiger partial charge is 0.349 e. The van der Waals surface area contributed by atoms with Crippen LogP contribution in [0, 0.1) is 5.82 Å². The molecule has 80 valence electrons. The van der Waals surface area contributed by atoms with Gasteiger partial charge in [-0.2, -0.15) is 0 Å². The number of hydrogen-bond acceptors (Lipinski definition) is 2. The highest BCUT2D eigenvalue weighted by atomic mass is 35.5. The van der Waals surface area contributed by atoms with Gasteiger partial charge in [-0.15, -0.1) is 0 Å². The Labute approximate surface area is 91.2 Å². The van der Waals surface area contributed by atoms with E-state index < -0.39 is 5.91 Å². The number of rotatable bonds is 4. The molecule has 1 rings (SSSR count). The van der Waals surface area contributed by atoms with Crippen LogP contribution < -0.4 is 5.32 Å². The molecule has 0 saturated heterocycles. The lowest BCUT2D eigenvalue weighted by Gasteiger charge is -2.03. The van der Waals surface area contributed by atoms with Crippen molar-refractivity contribution in [3.8, 4) is 0 Å². The van der Waals surface area contributed by atoms with Gasteiger partial charge in [0.25, 0.3) is 5.91 Å². The van der Waals surface area contributed by atoms with Crippen LogP contribution in [0.1, 0.15) is 5.56 Å². The summed E-state index contributed by atoms with van der Waals surface area (Å²) in [6, 6.07) is 4.20. The van der Waals surface area contributed by atoms with Gasteiger partial charge in [0.05, 0.1) is 0 Å². The number of hydrogen-bond donors (Lipinski definition) is 1. The third kappa shape index (κ3) is 3.67. The second-order valence-corrected chi connectivity index (χ2v) is 3.33. The molecular formula is C10H9ClFNO2. The van der Waals surface area contributed by atoms with Gasteiger partial charge in [0, 0.05) is 11.6 Å². The van der Waals surface area contributed by atoms with Crippen molar-refractivity contribution in [2.24, 2.45) is 0 Å². The van der Waals surface area contributed by atoms with Crippen LogP contribution in [0.4, 0.5) is 4.39 Å². The topological polar surface area (TPSA) is 46.2 Å². The van der Waals surface area contributed by atoms with E-state index in [1.165, 1.54) is 18.2 Å². The Bertz CT molecular complexity index is 382. The van der Waals surface area contributed by atoms with Gasteiger partial charge in [0.2, 0.25) is 6.29 Å². The Morgan fingerprint density at radius 1 is 1.53 bits per heavy atom. The first-order valence-corrected chi connectivity index (χ1v) is 4.68.